The van der Waals surface area contributed by atoms with E-state index in [1.807, 2.05) is 0 Å². The average molecular weight is 291 g/mol. The molecule has 1 fully saturated rings. The van der Waals surface area contributed by atoms with Crippen LogP contribution in [0, 0.1) is 10.1 Å². The molecule has 21 heavy (non-hydrogen) atoms. The highest BCUT2D eigenvalue weighted by Gasteiger charge is 2.28. The van der Waals surface area contributed by atoms with Crippen LogP contribution in [-0.2, 0) is 0 Å². The lowest BCUT2D eigenvalue weighted by atomic mass is 9.94. The molecule has 0 heterocycles. The number of hydrogen-bond donors (Lipinski definition) is 1. The van der Waals surface area contributed by atoms with Gasteiger partial charge in [-0.2, -0.15) is 0 Å². The van der Waals surface area contributed by atoms with Gasteiger partial charge in [-0.25, -0.2) is 0 Å². The van der Waals surface area contributed by atoms with Gasteiger partial charge in [0.1, 0.15) is 5.56 Å². The van der Waals surface area contributed by atoms with Gasteiger partial charge in [-0.1, -0.05) is 19.3 Å². The quantitative estimate of drug-likeness (QED) is 0.683. The van der Waals surface area contributed by atoms with Crippen LogP contribution < -0.4 is 5.32 Å². The van der Waals surface area contributed by atoms with E-state index in [0.717, 1.165) is 25.7 Å². The van der Waals surface area contributed by atoms with Gasteiger partial charge in [0, 0.05) is 31.9 Å². The minimum atomic E-state index is -0.499. The van der Waals surface area contributed by atoms with E-state index in [1.165, 1.54) is 12.5 Å². The van der Waals surface area contributed by atoms with Crippen molar-refractivity contribution in [1.82, 2.24) is 4.90 Å². The Balaban J connectivity index is 2.29. The summed E-state index contributed by atoms with van der Waals surface area (Å²) in [6, 6.07) is 4.73. The van der Waals surface area contributed by atoms with Crippen molar-refractivity contribution in [2.45, 2.75) is 38.1 Å². The van der Waals surface area contributed by atoms with Crippen LogP contribution in [0.1, 0.15) is 42.5 Å². The SMILES string of the molecule is CNc1ccc([N+](=O)[O-])c(C(=O)N(C)C2CCCCC2)c1. The predicted molar refractivity (Wildman–Crippen MR) is 81.6 cm³/mol. The fraction of sp³-hybridized carbons (Fsp3) is 0.533. The number of amides is 1. The maximum atomic E-state index is 12.6. The molecule has 0 aromatic heterocycles. The Bertz CT molecular complexity index is 539. The molecule has 6 nitrogen and oxygen atoms in total. The molecule has 1 N–H and O–H groups in total. The fourth-order valence-electron chi connectivity index (χ4n) is 2.85. The Hall–Kier alpha value is -2.11. The third kappa shape index (κ3) is 3.32. The van der Waals surface area contributed by atoms with Gasteiger partial charge in [-0.05, 0) is 25.0 Å². The van der Waals surface area contributed by atoms with E-state index >= 15 is 0 Å². The minimum Gasteiger partial charge on any atom is -0.388 e. The lowest BCUT2D eigenvalue weighted by molar-refractivity contribution is -0.385. The van der Waals surface area contributed by atoms with Crippen LogP contribution >= 0.6 is 0 Å². The highest BCUT2D eigenvalue weighted by molar-refractivity contribution is 5.99. The molecule has 2 rings (SSSR count). The number of rotatable bonds is 4. The molecule has 0 spiro atoms. The fourth-order valence-corrected chi connectivity index (χ4v) is 2.85. The third-order valence-electron chi connectivity index (χ3n) is 4.16. The Kier molecular flexibility index (Phi) is 4.77. The molecular formula is C15H21N3O3. The normalized spacial score (nSPS) is 15.5. The van der Waals surface area contributed by atoms with Crippen molar-refractivity contribution in [3.05, 3.63) is 33.9 Å². The van der Waals surface area contributed by atoms with Crippen LogP contribution in [0.3, 0.4) is 0 Å². The maximum Gasteiger partial charge on any atom is 0.282 e. The second kappa shape index (κ2) is 6.56. The van der Waals surface area contributed by atoms with E-state index in [-0.39, 0.29) is 23.2 Å². The molecule has 1 aliphatic rings. The van der Waals surface area contributed by atoms with Crippen LogP contribution in [0.2, 0.25) is 0 Å². The molecular weight excluding hydrogens is 270 g/mol. The molecule has 6 heteroatoms. The molecule has 1 saturated carbocycles. The first kappa shape index (κ1) is 15.3. The molecule has 0 unspecified atom stereocenters. The summed E-state index contributed by atoms with van der Waals surface area (Å²) >= 11 is 0. The van der Waals surface area contributed by atoms with Crippen molar-refractivity contribution in [1.29, 1.82) is 0 Å². The Morgan fingerprint density at radius 1 is 1.33 bits per heavy atom. The summed E-state index contributed by atoms with van der Waals surface area (Å²) in [4.78, 5) is 24.9. The van der Waals surface area contributed by atoms with Gasteiger partial charge in [0.2, 0.25) is 0 Å². The first-order valence-corrected chi connectivity index (χ1v) is 7.28. The minimum absolute atomic E-state index is 0.137. The average Bonchev–Trinajstić information content (AvgIpc) is 2.53. The van der Waals surface area contributed by atoms with Crippen molar-refractivity contribution in [2.24, 2.45) is 0 Å². The molecule has 1 aromatic rings. The first-order chi connectivity index (χ1) is 10.0. The van der Waals surface area contributed by atoms with Crippen molar-refractivity contribution >= 4 is 17.3 Å². The molecule has 1 amide bonds. The third-order valence-corrected chi connectivity index (χ3v) is 4.16. The van der Waals surface area contributed by atoms with Crippen LogP contribution in [0.25, 0.3) is 0 Å². The molecule has 0 radical (unpaired) electrons. The van der Waals surface area contributed by atoms with E-state index in [0.29, 0.717) is 5.69 Å². The van der Waals surface area contributed by atoms with Crippen molar-refractivity contribution in [2.75, 3.05) is 19.4 Å². The topological polar surface area (TPSA) is 75.5 Å². The highest BCUT2D eigenvalue weighted by Crippen LogP contribution is 2.27. The summed E-state index contributed by atoms with van der Waals surface area (Å²) in [7, 11) is 3.47. The number of benzene rings is 1. The zero-order chi connectivity index (χ0) is 15.4. The molecule has 0 bridgehead atoms. The summed E-state index contributed by atoms with van der Waals surface area (Å²) in [6.45, 7) is 0. The number of nitro groups is 1. The van der Waals surface area contributed by atoms with Gasteiger partial charge in [-0.3, -0.25) is 14.9 Å². The Morgan fingerprint density at radius 2 is 2.00 bits per heavy atom. The lowest BCUT2D eigenvalue weighted by Crippen LogP contribution is -2.38. The van der Waals surface area contributed by atoms with Crippen molar-refractivity contribution in [3.63, 3.8) is 0 Å². The van der Waals surface area contributed by atoms with Gasteiger partial charge < -0.3 is 10.2 Å². The second-order valence-corrected chi connectivity index (χ2v) is 5.45. The van der Waals surface area contributed by atoms with E-state index in [4.69, 9.17) is 0 Å². The number of carbonyl (C=O) groups excluding carboxylic acids is 1. The number of carbonyl (C=O) groups is 1. The van der Waals surface area contributed by atoms with Gasteiger partial charge in [0.05, 0.1) is 4.92 Å². The Morgan fingerprint density at radius 3 is 2.57 bits per heavy atom. The molecule has 1 aromatic carbocycles. The van der Waals surface area contributed by atoms with E-state index in [9.17, 15) is 14.9 Å². The summed E-state index contributed by atoms with van der Waals surface area (Å²) in [5.74, 6) is -0.272. The van der Waals surface area contributed by atoms with Crippen LogP contribution in [0.5, 0.6) is 0 Å². The summed E-state index contributed by atoms with van der Waals surface area (Å²) in [6.07, 6.45) is 5.37. The van der Waals surface area contributed by atoms with Crippen LogP contribution in [0.15, 0.2) is 18.2 Å². The summed E-state index contributed by atoms with van der Waals surface area (Å²) in [5, 5.41) is 14.1. The zero-order valence-corrected chi connectivity index (χ0v) is 12.5. The molecule has 1 aliphatic carbocycles. The number of anilines is 1. The molecule has 0 saturated heterocycles. The van der Waals surface area contributed by atoms with Gasteiger partial charge in [0.15, 0.2) is 0 Å². The Labute approximate surface area is 124 Å². The van der Waals surface area contributed by atoms with E-state index in [2.05, 4.69) is 5.32 Å². The number of nitrogens with one attached hydrogen (secondary N) is 1. The van der Waals surface area contributed by atoms with Gasteiger partial charge >= 0.3 is 0 Å². The second-order valence-electron chi connectivity index (χ2n) is 5.45. The van der Waals surface area contributed by atoms with E-state index < -0.39 is 4.92 Å². The monoisotopic (exact) mass is 291 g/mol. The first-order valence-electron chi connectivity index (χ1n) is 7.28. The number of hydrogen-bond acceptors (Lipinski definition) is 4. The number of nitrogens with zero attached hydrogens (tertiary/aromatic N) is 2. The van der Waals surface area contributed by atoms with Gasteiger partial charge in [-0.15, -0.1) is 0 Å². The lowest BCUT2D eigenvalue weighted by Gasteiger charge is -2.31. The van der Waals surface area contributed by atoms with Crippen molar-refractivity contribution in [3.8, 4) is 0 Å². The highest BCUT2D eigenvalue weighted by atomic mass is 16.6. The van der Waals surface area contributed by atoms with Crippen LogP contribution in [0.4, 0.5) is 11.4 Å². The number of nitro benzene ring substituents is 1. The maximum absolute atomic E-state index is 12.6. The summed E-state index contributed by atoms with van der Waals surface area (Å²) in [5.41, 5.74) is 0.711. The largest absolute Gasteiger partial charge is 0.388 e. The molecule has 0 aliphatic heterocycles. The molecule has 114 valence electrons. The predicted octanol–water partition coefficient (Wildman–Crippen LogP) is 3.04. The summed E-state index contributed by atoms with van der Waals surface area (Å²) < 4.78 is 0. The van der Waals surface area contributed by atoms with Crippen LogP contribution in [-0.4, -0.2) is 35.9 Å². The standard InChI is InChI=1S/C15H21N3O3/c1-16-11-8-9-14(18(20)21)13(10-11)15(19)17(2)12-6-4-3-5-7-12/h8-10,12,16H,3-7H2,1-2H3. The smallest absolute Gasteiger partial charge is 0.282 e. The molecule has 0 atom stereocenters. The van der Waals surface area contributed by atoms with Gasteiger partial charge in [0.25, 0.3) is 11.6 Å². The van der Waals surface area contributed by atoms with E-state index in [1.54, 1.807) is 31.1 Å². The zero-order valence-electron chi connectivity index (χ0n) is 12.5. The van der Waals surface area contributed by atoms with Crippen molar-refractivity contribution < 1.29 is 9.72 Å².